The van der Waals surface area contributed by atoms with Gasteiger partial charge in [0.1, 0.15) is 0 Å². The van der Waals surface area contributed by atoms with Gasteiger partial charge in [0, 0.05) is 18.1 Å². The molecule has 3 heteroatoms. The Labute approximate surface area is 152 Å². The quantitative estimate of drug-likeness (QED) is 0.566. The van der Waals surface area contributed by atoms with Crippen molar-refractivity contribution in [3.8, 4) is 33.5 Å². The number of hydrogen-bond donors (Lipinski definition) is 1. The van der Waals surface area contributed by atoms with E-state index in [1.54, 1.807) is 12.4 Å². The summed E-state index contributed by atoms with van der Waals surface area (Å²) >= 11 is 0. The fraction of sp³-hybridized carbons (Fsp3) is 0.0435. The molecule has 0 aliphatic rings. The number of benzene rings is 2. The van der Waals surface area contributed by atoms with Crippen molar-refractivity contribution < 1.29 is 0 Å². The van der Waals surface area contributed by atoms with Crippen LogP contribution in [0.5, 0.6) is 0 Å². The van der Waals surface area contributed by atoms with E-state index in [1.807, 2.05) is 79.7 Å². The van der Waals surface area contributed by atoms with Crippen LogP contribution in [0.25, 0.3) is 33.5 Å². The summed E-state index contributed by atoms with van der Waals surface area (Å²) in [6.45, 7) is 2.05. The summed E-state index contributed by atoms with van der Waals surface area (Å²) < 4.78 is 0. The van der Waals surface area contributed by atoms with Crippen LogP contribution in [0, 0.1) is 6.92 Å². The number of rotatable bonds is 3. The Morgan fingerprint density at radius 3 is 2.15 bits per heavy atom. The second-order valence-electron chi connectivity index (χ2n) is 6.27. The van der Waals surface area contributed by atoms with Crippen LogP contribution in [0.3, 0.4) is 0 Å². The molecule has 0 spiro atoms. The van der Waals surface area contributed by atoms with Crippen LogP contribution in [0.2, 0.25) is 0 Å². The lowest BCUT2D eigenvalue weighted by Crippen LogP contribution is -2.11. The van der Waals surface area contributed by atoms with E-state index in [-0.39, 0.29) is 5.56 Å². The molecule has 0 aliphatic carbocycles. The maximum atomic E-state index is 13.0. The molecule has 4 aromatic rings. The number of aromatic amines is 1. The number of aryl methyl sites for hydroxylation is 1. The third-order valence-corrected chi connectivity index (χ3v) is 4.45. The summed E-state index contributed by atoms with van der Waals surface area (Å²) in [5.41, 5.74) is 6.33. The standard InChI is InChI=1S/C23H18N2O/c1-16-7-9-18(10-8-16)21-15-20(17-11-13-24-14-12-17)22(23(26)25-21)19-5-3-2-4-6-19/h2-15H,1H3,(H,25,26). The van der Waals surface area contributed by atoms with E-state index in [2.05, 4.69) is 9.97 Å². The van der Waals surface area contributed by atoms with E-state index >= 15 is 0 Å². The Kier molecular flexibility index (Phi) is 4.20. The van der Waals surface area contributed by atoms with E-state index in [0.29, 0.717) is 5.56 Å². The molecule has 4 rings (SSSR count). The van der Waals surface area contributed by atoms with Crippen molar-refractivity contribution in [2.24, 2.45) is 0 Å². The van der Waals surface area contributed by atoms with Gasteiger partial charge in [-0.15, -0.1) is 0 Å². The van der Waals surface area contributed by atoms with Crippen molar-refractivity contribution >= 4 is 0 Å². The Bertz CT molecular complexity index is 1080. The zero-order valence-corrected chi connectivity index (χ0v) is 14.4. The van der Waals surface area contributed by atoms with Crippen molar-refractivity contribution in [2.75, 3.05) is 0 Å². The minimum absolute atomic E-state index is 0.0962. The largest absolute Gasteiger partial charge is 0.321 e. The van der Waals surface area contributed by atoms with Crippen LogP contribution >= 0.6 is 0 Å². The van der Waals surface area contributed by atoms with Gasteiger partial charge in [-0.05, 0) is 47.4 Å². The van der Waals surface area contributed by atoms with Gasteiger partial charge in [-0.1, -0.05) is 60.2 Å². The molecular formula is C23H18N2O. The molecule has 0 aliphatic heterocycles. The van der Waals surface area contributed by atoms with E-state index in [9.17, 15) is 4.79 Å². The molecule has 0 amide bonds. The highest BCUT2D eigenvalue weighted by molar-refractivity contribution is 5.85. The molecule has 1 N–H and O–H groups in total. The van der Waals surface area contributed by atoms with Gasteiger partial charge in [0.25, 0.3) is 5.56 Å². The van der Waals surface area contributed by atoms with Crippen LogP contribution in [0.4, 0.5) is 0 Å². The first-order valence-corrected chi connectivity index (χ1v) is 8.52. The molecule has 0 atom stereocenters. The summed E-state index contributed by atoms with van der Waals surface area (Å²) in [5.74, 6) is 0. The van der Waals surface area contributed by atoms with E-state index < -0.39 is 0 Å². The molecule has 0 saturated heterocycles. The topological polar surface area (TPSA) is 45.8 Å². The Hall–Kier alpha value is -3.46. The van der Waals surface area contributed by atoms with Crippen molar-refractivity contribution in [3.05, 3.63) is 101 Å². The minimum atomic E-state index is -0.0962. The summed E-state index contributed by atoms with van der Waals surface area (Å²) in [7, 11) is 0. The Morgan fingerprint density at radius 2 is 1.46 bits per heavy atom. The number of nitrogens with zero attached hydrogens (tertiary/aromatic N) is 1. The molecule has 2 aromatic heterocycles. The average Bonchev–Trinajstić information content (AvgIpc) is 2.69. The zero-order chi connectivity index (χ0) is 17.9. The smallest absolute Gasteiger partial charge is 0.256 e. The maximum Gasteiger partial charge on any atom is 0.256 e. The predicted molar refractivity (Wildman–Crippen MR) is 106 cm³/mol. The van der Waals surface area contributed by atoms with Gasteiger partial charge in [0.05, 0.1) is 5.56 Å². The molecule has 2 aromatic carbocycles. The van der Waals surface area contributed by atoms with E-state index in [1.165, 1.54) is 5.56 Å². The zero-order valence-electron chi connectivity index (χ0n) is 14.4. The van der Waals surface area contributed by atoms with Crippen LogP contribution < -0.4 is 5.56 Å². The Balaban J connectivity index is 1.98. The molecule has 3 nitrogen and oxygen atoms in total. The van der Waals surface area contributed by atoms with Gasteiger partial charge in [-0.3, -0.25) is 9.78 Å². The first-order chi connectivity index (χ1) is 12.7. The van der Waals surface area contributed by atoms with Crippen LogP contribution in [0.15, 0.2) is 90.0 Å². The van der Waals surface area contributed by atoms with E-state index in [4.69, 9.17) is 0 Å². The highest BCUT2D eigenvalue weighted by Crippen LogP contribution is 2.31. The van der Waals surface area contributed by atoms with Crippen LogP contribution in [0.1, 0.15) is 5.56 Å². The lowest BCUT2D eigenvalue weighted by molar-refractivity contribution is 1.24. The van der Waals surface area contributed by atoms with Gasteiger partial charge in [0.2, 0.25) is 0 Å². The molecule has 0 bridgehead atoms. The number of nitrogens with one attached hydrogen (secondary N) is 1. The maximum absolute atomic E-state index is 13.0. The fourth-order valence-electron chi connectivity index (χ4n) is 3.10. The SMILES string of the molecule is Cc1ccc(-c2cc(-c3ccncc3)c(-c3ccccc3)c(=O)[nH]2)cc1. The first kappa shape index (κ1) is 16.0. The monoisotopic (exact) mass is 338 g/mol. The highest BCUT2D eigenvalue weighted by Gasteiger charge is 2.14. The third kappa shape index (κ3) is 3.07. The molecular weight excluding hydrogens is 320 g/mol. The first-order valence-electron chi connectivity index (χ1n) is 8.52. The number of aromatic nitrogens is 2. The number of hydrogen-bond acceptors (Lipinski definition) is 2. The third-order valence-electron chi connectivity index (χ3n) is 4.45. The highest BCUT2D eigenvalue weighted by atomic mass is 16.1. The molecule has 0 saturated carbocycles. The van der Waals surface area contributed by atoms with Gasteiger partial charge in [-0.25, -0.2) is 0 Å². The van der Waals surface area contributed by atoms with Crippen molar-refractivity contribution in [3.63, 3.8) is 0 Å². The number of pyridine rings is 2. The number of H-pyrrole nitrogens is 1. The van der Waals surface area contributed by atoms with Gasteiger partial charge in [0.15, 0.2) is 0 Å². The molecule has 126 valence electrons. The van der Waals surface area contributed by atoms with E-state index in [0.717, 1.165) is 27.9 Å². The molecule has 0 unspecified atom stereocenters. The summed E-state index contributed by atoms with van der Waals surface area (Å²) in [6.07, 6.45) is 3.49. The van der Waals surface area contributed by atoms with Gasteiger partial charge >= 0.3 is 0 Å². The predicted octanol–water partition coefficient (Wildman–Crippen LogP) is 5.08. The van der Waals surface area contributed by atoms with Crippen molar-refractivity contribution in [2.45, 2.75) is 6.92 Å². The summed E-state index contributed by atoms with van der Waals surface area (Å²) in [4.78, 5) is 20.2. The molecule has 0 radical (unpaired) electrons. The average molecular weight is 338 g/mol. The minimum Gasteiger partial charge on any atom is -0.321 e. The summed E-state index contributed by atoms with van der Waals surface area (Å²) in [5, 5.41) is 0. The Morgan fingerprint density at radius 1 is 0.769 bits per heavy atom. The van der Waals surface area contributed by atoms with Gasteiger partial charge in [-0.2, -0.15) is 0 Å². The summed E-state index contributed by atoms with van der Waals surface area (Å²) in [6, 6.07) is 23.8. The second-order valence-corrected chi connectivity index (χ2v) is 6.27. The van der Waals surface area contributed by atoms with Crippen LogP contribution in [-0.4, -0.2) is 9.97 Å². The second kappa shape index (κ2) is 6.81. The van der Waals surface area contributed by atoms with Crippen molar-refractivity contribution in [1.82, 2.24) is 9.97 Å². The van der Waals surface area contributed by atoms with Crippen LogP contribution in [-0.2, 0) is 0 Å². The fourth-order valence-corrected chi connectivity index (χ4v) is 3.10. The normalized spacial score (nSPS) is 10.7. The molecule has 0 fully saturated rings. The molecule has 2 heterocycles. The van der Waals surface area contributed by atoms with Gasteiger partial charge < -0.3 is 4.98 Å². The van der Waals surface area contributed by atoms with Crippen molar-refractivity contribution in [1.29, 1.82) is 0 Å². The molecule has 26 heavy (non-hydrogen) atoms. The lowest BCUT2D eigenvalue weighted by Gasteiger charge is -2.12. The lowest BCUT2D eigenvalue weighted by atomic mass is 9.95.